The van der Waals surface area contributed by atoms with E-state index in [0.29, 0.717) is 12.1 Å². The molecule has 2 bridgehead atoms. The summed E-state index contributed by atoms with van der Waals surface area (Å²) in [6, 6.07) is 5.49. The number of hydrogen-bond donors (Lipinski definition) is 2. The Morgan fingerprint density at radius 2 is 1.96 bits per heavy atom. The van der Waals surface area contributed by atoms with E-state index in [1.165, 1.54) is 50.6 Å². The maximum atomic E-state index is 4.93. The summed E-state index contributed by atoms with van der Waals surface area (Å²) in [4.78, 5) is 12.6. The molecule has 2 N–H and O–H groups in total. The molecular weight excluding hydrogens is 471 g/mol. The van der Waals surface area contributed by atoms with Gasteiger partial charge in [0.15, 0.2) is 5.96 Å². The van der Waals surface area contributed by atoms with Crippen molar-refractivity contribution < 1.29 is 0 Å². The number of rotatable bonds is 5. The maximum Gasteiger partial charge on any atom is 0.191 e. The van der Waals surface area contributed by atoms with Crippen LogP contribution in [-0.2, 0) is 0 Å². The van der Waals surface area contributed by atoms with Crippen molar-refractivity contribution in [2.24, 2.45) is 4.99 Å². The average Bonchev–Trinajstić information content (AvgIpc) is 3.23. The lowest BCUT2D eigenvalue weighted by molar-refractivity contribution is 0.0174. The van der Waals surface area contributed by atoms with E-state index >= 15 is 0 Å². The molecule has 1 atom stereocenters. The van der Waals surface area contributed by atoms with Crippen molar-refractivity contribution in [1.82, 2.24) is 20.4 Å². The molecule has 0 aliphatic carbocycles. The van der Waals surface area contributed by atoms with E-state index in [-0.39, 0.29) is 24.0 Å². The smallest absolute Gasteiger partial charge is 0.191 e. The molecule has 8 heteroatoms. The summed E-state index contributed by atoms with van der Waals surface area (Å²) in [6.07, 6.45) is 2.34. The van der Waals surface area contributed by atoms with Gasteiger partial charge in [-0.3, -0.25) is 14.8 Å². The number of thiophene rings is 1. The molecule has 5 heterocycles. The highest BCUT2D eigenvalue weighted by molar-refractivity contribution is 14.0. The van der Waals surface area contributed by atoms with E-state index in [4.69, 9.17) is 4.99 Å². The first-order valence-electron chi connectivity index (χ1n) is 10.1. The Balaban J connectivity index is 0.00000210. The number of aliphatic imine (C=N–C) groups is 1. The van der Waals surface area contributed by atoms with Gasteiger partial charge in [-0.2, -0.15) is 0 Å². The Hall–Kier alpha value is -0.580. The first kappa shape index (κ1) is 21.1. The van der Waals surface area contributed by atoms with Gasteiger partial charge in [0.1, 0.15) is 0 Å². The minimum atomic E-state index is 0. The number of piperazine rings is 3. The van der Waals surface area contributed by atoms with Gasteiger partial charge in [-0.05, 0) is 37.3 Å². The molecule has 5 rings (SSSR count). The van der Waals surface area contributed by atoms with Crippen molar-refractivity contribution in [2.45, 2.75) is 31.8 Å². The molecule has 0 spiro atoms. The van der Waals surface area contributed by atoms with Crippen LogP contribution >= 0.6 is 35.3 Å². The van der Waals surface area contributed by atoms with Crippen LogP contribution in [0.5, 0.6) is 0 Å². The third-order valence-electron chi connectivity index (χ3n) is 5.85. The molecule has 0 radical (unpaired) electrons. The Morgan fingerprint density at radius 3 is 2.56 bits per heavy atom. The Labute approximate surface area is 184 Å². The van der Waals surface area contributed by atoms with Gasteiger partial charge in [-0.1, -0.05) is 0 Å². The van der Waals surface area contributed by atoms with Crippen molar-refractivity contribution in [2.75, 3.05) is 63.8 Å². The number of nitrogens with one attached hydrogen (secondary N) is 2. The fourth-order valence-corrected chi connectivity index (χ4v) is 5.09. The van der Waals surface area contributed by atoms with Crippen LogP contribution in [0.2, 0.25) is 0 Å². The second-order valence-corrected chi connectivity index (χ2v) is 8.49. The SMILES string of the molecule is CCNC(=NCC1CN2CCN1CC2)NC1CCN(c2cccs2)CC1.I. The summed E-state index contributed by atoms with van der Waals surface area (Å²) >= 11 is 1.84. The van der Waals surface area contributed by atoms with E-state index in [1.807, 2.05) is 11.3 Å². The van der Waals surface area contributed by atoms with Crippen LogP contribution in [0, 0.1) is 0 Å². The van der Waals surface area contributed by atoms with Crippen LogP contribution < -0.4 is 15.5 Å². The lowest BCUT2D eigenvalue weighted by atomic mass is 10.1. The maximum absolute atomic E-state index is 4.93. The van der Waals surface area contributed by atoms with Gasteiger partial charge in [0.25, 0.3) is 0 Å². The molecule has 27 heavy (non-hydrogen) atoms. The molecule has 4 aliphatic rings. The Morgan fingerprint density at radius 1 is 1.19 bits per heavy atom. The zero-order chi connectivity index (χ0) is 17.8. The lowest BCUT2D eigenvalue weighted by Crippen LogP contribution is -2.62. The zero-order valence-corrected chi connectivity index (χ0v) is 19.4. The molecule has 152 valence electrons. The predicted molar refractivity (Wildman–Crippen MR) is 126 cm³/mol. The molecule has 1 aromatic heterocycles. The van der Waals surface area contributed by atoms with E-state index in [2.05, 4.69) is 49.8 Å². The summed E-state index contributed by atoms with van der Waals surface area (Å²) in [5.74, 6) is 1.000. The van der Waals surface area contributed by atoms with Gasteiger partial charge in [0, 0.05) is 64.4 Å². The Bertz CT molecular complexity index is 579. The van der Waals surface area contributed by atoms with Crippen LogP contribution in [0.15, 0.2) is 22.5 Å². The van der Waals surface area contributed by atoms with Crippen molar-refractivity contribution in [3.05, 3.63) is 17.5 Å². The second-order valence-electron chi connectivity index (χ2n) is 7.57. The van der Waals surface area contributed by atoms with Gasteiger partial charge in [-0.25, -0.2) is 0 Å². The number of fused-ring (bicyclic) bond motifs is 3. The zero-order valence-electron chi connectivity index (χ0n) is 16.3. The second kappa shape index (κ2) is 10.3. The molecule has 4 aliphatic heterocycles. The summed E-state index contributed by atoms with van der Waals surface area (Å²) in [5.41, 5.74) is 0. The number of anilines is 1. The van der Waals surface area contributed by atoms with E-state index in [0.717, 1.165) is 32.1 Å². The largest absolute Gasteiger partial charge is 0.363 e. The lowest BCUT2D eigenvalue weighted by Gasteiger charge is -2.47. The van der Waals surface area contributed by atoms with E-state index in [1.54, 1.807) is 0 Å². The number of piperidine rings is 1. The van der Waals surface area contributed by atoms with Crippen molar-refractivity contribution >= 4 is 46.3 Å². The molecule has 4 fully saturated rings. The first-order valence-corrected chi connectivity index (χ1v) is 11.0. The molecule has 1 unspecified atom stereocenters. The van der Waals surface area contributed by atoms with Crippen LogP contribution in [-0.4, -0.2) is 86.7 Å². The summed E-state index contributed by atoms with van der Waals surface area (Å²) in [6.45, 7) is 12.3. The molecule has 4 saturated heterocycles. The Kier molecular flexibility index (Phi) is 8.04. The number of nitrogens with zero attached hydrogens (tertiary/aromatic N) is 4. The summed E-state index contributed by atoms with van der Waals surface area (Å²) in [5, 5.41) is 10.7. The minimum absolute atomic E-state index is 0. The quantitative estimate of drug-likeness (QED) is 0.365. The highest BCUT2D eigenvalue weighted by Crippen LogP contribution is 2.24. The van der Waals surface area contributed by atoms with Crippen LogP contribution in [0.25, 0.3) is 0 Å². The molecule has 1 aromatic rings. The average molecular weight is 504 g/mol. The van der Waals surface area contributed by atoms with Crippen LogP contribution in [0.3, 0.4) is 0 Å². The van der Waals surface area contributed by atoms with Gasteiger partial charge < -0.3 is 15.5 Å². The standard InChI is InChI=1S/C19H32N6S.HI/c1-2-20-19(21-14-17-15-23-9-11-24(17)12-10-23)22-16-5-7-25(8-6-16)18-4-3-13-26-18;/h3-4,13,16-17H,2,5-12,14-15H2,1H3,(H2,20,21,22);1H. The summed E-state index contributed by atoms with van der Waals surface area (Å²) in [7, 11) is 0. The highest BCUT2D eigenvalue weighted by Gasteiger charge is 2.31. The predicted octanol–water partition coefficient (Wildman–Crippen LogP) is 1.89. The minimum Gasteiger partial charge on any atom is -0.363 e. The molecule has 6 nitrogen and oxygen atoms in total. The fourth-order valence-electron chi connectivity index (χ4n) is 4.30. The van der Waals surface area contributed by atoms with Crippen molar-refractivity contribution in [3.8, 4) is 0 Å². The normalized spacial score (nSPS) is 28.7. The number of hydrogen-bond acceptors (Lipinski definition) is 5. The third kappa shape index (κ3) is 5.48. The molecule has 0 amide bonds. The number of halogens is 1. The topological polar surface area (TPSA) is 46.1 Å². The van der Waals surface area contributed by atoms with Gasteiger partial charge >= 0.3 is 0 Å². The monoisotopic (exact) mass is 504 g/mol. The number of guanidine groups is 1. The highest BCUT2D eigenvalue weighted by atomic mass is 127. The van der Waals surface area contributed by atoms with Crippen LogP contribution in [0.1, 0.15) is 19.8 Å². The van der Waals surface area contributed by atoms with Crippen molar-refractivity contribution in [1.29, 1.82) is 0 Å². The van der Waals surface area contributed by atoms with Gasteiger partial charge in [0.05, 0.1) is 11.5 Å². The fraction of sp³-hybridized carbons (Fsp3) is 0.737. The van der Waals surface area contributed by atoms with Gasteiger partial charge in [0.2, 0.25) is 0 Å². The molecule has 0 saturated carbocycles. The van der Waals surface area contributed by atoms with Gasteiger partial charge in [-0.15, -0.1) is 35.3 Å². The molecular formula is C19H33IN6S. The van der Waals surface area contributed by atoms with E-state index < -0.39 is 0 Å². The van der Waals surface area contributed by atoms with Crippen molar-refractivity contribution in [3.63, 3.8) is 0 Å². The first-order chi connectivity index (χ1) is 12.8. The third-order valence-corrected chi connectivity index (χ3v) is 6.78. The molecule has 0 aromatic carbocycles. The summed E-state index contributed by atoms with van der Waals surface area (Å²) < 4.78 is 0. The van der Waals surface area contributed by atoms with E-state index in [9.17, 15) is 0 Å². The van der Waals surface area contributed by atoms with Crippen LogP contribution in [0.4, 0.5) is 5.00 Å².